The summed E-state index contributed by atoms with van der Waals surface area (Å²) in [7, 11) is 0. The number of non-ortho nitro benzene ring substituents is 1. The quantitative estimate of drug-likeness (QED) is 0.466. The number of hydrogen-bond acceptors (Lipinski definition) is 4. The standard InChI is InChI=1S/C16H15NO4/c1-11(2)12-3-6-15(7-4-12)21-16-8-5-14(17(19)20)9-13(16)10-18/h3-11H,1-2H3. The van der Waals surface area contributed by atoms with Crippen LogP contribution in [0.1, 0.15) is 35.7 Å². The van der Waals surface area contributed by atoms with Gasteiger partial charge in [0.25, 0.3) is 5.69 Å². The van der Waals surface area contributed by atoms with Crippen LogP contribution in [0, 0.1) is 10.1 Å². The molecule has 0 bridgehead atoms. The molecule has 2 aromatic rings. The van der Waals surface area contributed by atoms with Crippen LogP contribution in [0.3, 0.4) is 0 Å². The molecular weight excluding hydrogens is 270 g/mol. The number of hydrogen-bond donors (Lipinski definition) is 0. The minimum Gasteiger partial charge on any atom is -0.457 e. The third-order valence-electron chi connectivity index (χ3n) is 3.11. The summed E-state index contributed by atoms with van der Waals surface area (Å²) in [6.07, 6.45) is 0.546. The molecule has 0 amide bonds. The zero-order chi connectivity index (χ0) is 15.4. The molecule has 0 fully saturated rings. The number of nitrogens with zero attached hydrogens (tertiary/aromatic N) is 1. The predicted molar refractivity (Wildman–Crippen MR) is 79.1 cm³/mol. The molecule has 0 unspecified atom stereocenters. The molecule has 0 aliphatic rings. The molecule has 0 radical (unpaired) electrons. The van der Waals surface area contributed by atoms with Gasteiger partial charge in [-0.05, 0) is 29.7 Å². The number of ether oxygens (including phenoxy) is 1. The van der Waals surface area contributed by atoms with E-state index in [0.29, 0.717) is 23.7 Å². The first kappa shape index (κ1) is 14.7. The largest absolute Gasteiger partial charge is 0.457 e. The summed E-state index contributed by atoms with van der Waals surface area (Å²) in [5.74, 6) is 1.30. The zero-order valence-corrected chi connectivity index (χ0v) is 11.8. The maximum absolute atomic E-state index is 11.0. The van der Waals surface area contributed by atoms with Crippen molar-refractivity contribution in [3.05, 3.63) is 63.7 Å². The molecule has 0 N–H and O–H groups in total. The normalized spacial score (nSPS) is 10.4. The summed E-state index contributed by atoms with van der Waals surface area (Å²) < 4.78 is 5.62. The molecule has 0 heterocycles. The molecule has 0 atom stereocenters. The fourth-order valence-electron chi connectivity index (χ4n) is 1.88. The lowest BCUT2D eigenvalue weighted by molar-refractivity contribution is -0.384. The Morgan fingerprint density at radius 1 is 1.14 bits per heavy atom. The third-order valence-corrected chi connectivity index (χ3v) is 3.11. The number of benzene rings is 2. The average molecular weight is 285 g/mol. The Hall–Kier alpha value is -2.69. The molecule has 21 heavy (non-hydrogen) atoms. The van der Waals surface area contributed by atoms with Gasteiger partial charge in [0.15, 0.2) is 6.29 Å². The van der Waals surface area contributed by atoms with Crippen molar-refractivity contribution in [3.8, 4) is 11.5 Å². The Morgan fingerprint density at radius 3 is 2.33 bits per heavy atom. The number of carbonyl (C=O) groups excluding carboxylic acids is 1. The molecule has 2 rings (SSSR count). The van der Waals surface area contributed by atoms with Crippen molar-refractivity contribution in [2.75, 3.05) is 0 Å². The van der Waals surface area contributed by atoms with Crippen LogP contribution >= 0.6 is 0 Å². The van der Waals surface area contributed by atoms with E-state index in [4.69, 9.17) is 4.74 Å². The van der Waals surface area contributed by atoms with Gasteiger partial charge in [-0.15, -0.1) is 0 Å². The zero-order valence-electron chi connectivity index (χ0n) is 11.8. The highest BCUT2D eigenvalue weighted by Crippen LogP contribution is 2.28. The first-order valence-electron chi connectivity index (χ1n) is 6.52. The van der Waals surface area contributed by atoms with Crippen LogP contribution in [0.2, 0.25) is 0 Å². The van der Waals surface area contributed by atoms with Gasteiger partial charge in [-0.1, -0.05) is 26.0 Å². The lowest BCUT2D eigenvalue weighted by Gasteiger charge is -2.10. The van der Waals surface area contributed by atoms with E-state index in [0.717, 1.165) is 0 Å². The lowest BCUT2D eigenvalue weighted by atomic mass is 10.0. The second kappa shape index (κ2) is 6.17. The molecule has 0 aromatic heterocycles. The number of aldehydes is 1. The van der Waals surface area contributed by atoms with Crippen molar-refractivity contribution >= 4 is 12.0 Å². The Labute approximate surface area is 122 Å². The Morgan fingerprint density at radius 2 is 1.81 bits per heavy atom. The number of nitro groups is 1. The second-order valence-corrected chi connectivity index (χ2v) is 4.92. The van der Waals surface area contributed by atoms with Crippen LogP contribution in [0.25, 0.3) is 0 Å². The maximum Gasteiger partial charge on any atom is 0.270 e. The molecule has 108 valence electrons. The van der Waals surface area contributed by atoms with Crippen LogP contribution in [0.15, 0.2) is 42.5 Å². The molecule has 5 heteroatoms. The van der Waals surface area contributed by atoms with E-state index in [2.05, 4.69) is 13.8 Å². The predicted octanol–water partition coefficient (Wildman–Crippen LogP) is 4.32. The Balaban J connectivity index is 2.26. The second-order valence-electron chi connectivity index (χ2n) is 4.92. The first-order valence-corrected chi connectivity index (χ1v) is 6.52. The van der Waals surface area contributed by atoms with E-state index in [1.165, 1.54) is 23.8 Å². The highest BCUT2D eigenvalue weighted by molar-refractivity contribution is 5.80. The summed E-state index contributed by atoms with van der Waals surface area (Å²) in [4.78, 5) is 21.2. The smallest absolute Gasteiger partial charge is 0.270 e. The third kappa shape index (κ3) is 3.45. The monoisotopic (exact) mass is 285 g/mol. The van der Waals surface area contributed by atoms with Crippen molar-refractivity contribution < 1.29 is 14.5 Å². The van der Waals surface area contributed by atoms with Gasteiger partial charge in [-0.25, -0.2) is 0 Å². The SMILES string of the molecule is CC(C)c1ccc(Oc2ccc([N+](=O)[O-])cc2C=O)cc1. The van der Waals surface area contributed by atoms with E-state index >= 15 is 0 Å². The fourth-order valence-corrected chi connectivity index (χ4v) is 1.88. The Kier molecular flexibility index (Phi) is 4.33. The van der Waals surface area contributed by atoms with Crippen LogP contribution in [0.4, 0.5) is 5.69 Å². The summed E-state index contributed by atoms with van der Waals surface area (Å²) in [6, 6.07) is 11.5. The molecule has 0 aliphatic heterocycles. The van der Waals surface area contributed by atoms with Crippen LogP contribution in [-0.2, 0) is 0 Å². The highest BCUT2D eigenvalue weighted by atomic mass is 16.6. The molecule has 5 nitrogen and oxygen atoms in total. The lowest BCUT2D eigenvalue weighted by Crippen LogP contribution is -1.94. The van der Waals surface area contributed by atoms with Gasteiger partial charge < -0.3 is 4.74 Å². The minimum absolute atomic E-state index is 0.139. The molecule has 0 aliphatic carbocycles. The van der Waals surface area contributed by atoms with Gasteiger partial charge in [0, 0.05) is 12.1 Å². The summed E-state index contributed by atoms with van der Waals surface area (Å²) in [5, 5.41) is 10.7. The van der Waals surface area contributed by atoms with Crippen LogP contribution in [0.5, 0.6) is 11.5 Å². The molecular formula is C16H15NO4. The first-order chi connectivity index (χ1) is 10.0. The van der Waals surface area contributed by atoms with Crippen molar-refractivity contribution in [3.63, 3.8) is 0 Å². The number of nitro benzene ring substituents is 1. The molecule has 0 saturated carbocycles. The average Bonchev–Trinajstić information content (AvgIpc) is 2.48. The summed E-state index contributed by atoms with van der Waals surface area (Å²) >= 11 is 0. The maximum atomic E-state index is 11.0. The van der Waals surface area contributed by atoms with E-state index in [9.17, 15) is 14.9 Å². The van der Waals surface area contributed by atoms with Gasteiger partial charge >= 0.3 is 0 Å². The van der Waals surface area contributed by atoms with Gasteiger partial charge in [0.1, 0.15) is 11.5 Å². The Bertz CT molecular complexity index is 662. The van der Waals surface area contributed by atoms with Gasteiger partial charge in [-0.2, -0.15) is 0 Å². The summed E-state index contributed by atoms with van der Waals surface area (Å²) in [5.41, 5.74) is 1.19. The number of carbonyl (C=O) groups is 1. The van der Waals surface area contributed by atoms with E-state index in [1.807, 2.05) is 24.3 Å². The van der Waals surface area contributed by atoms with E-state index in [1.54, 1.807) is 0 Å². The van der Waals surface area contributed by atoms with Crippen molar-refractivity contribution in [1.29, 1.82) is 0 Å². The molecule has 2 aromatic carbocycles. The minimum atomic E-state index is -0.547. The molecule has 0 spiro atoms. The van der Waals surface area contributed by atoms with Crippen molar-refractivity contribution in [2.45, 2.75) is 19.8 Å². The number of rotatable bonds is 5. The van der Waals surface area contributed by atoms with Gasteiger partial charge in [0.2, 0.25) is 0 Å². The van der Waals surface area contributed by atoms with Gasteiger partial charge in [-0.3, -0.25) is 14.9 Å². The van der Waals surface area contributed by atoms with E-state index in [-0.39, 0.29) is 11.3 Å². The van der Waals surface area contributed by atoms with Gasteiger partial charge in [0.05, 0.1) is 10.5 Å². The van der Waals surface area contributed by atoms with Crippen LogP contribution in [-0.4, -0.2) is 11.2 Å². The summed E-state index contributed by atoms with van der Waals surface area (Å²) in [6.45, 7) is 4.19. The van der Waals surface area contributed by atoms with Crippen molar-refractivity contribution in [2.24, 2.45) is 0 Å². The van der Waals surface area contributed by atoms with Crippen molar-refractivity contribution in [1.82, 2.24) is 0 Å². The van der Waals surface area contributed by atoms with E-state index < -0.39 is 4.92 Å². The topological polar surface area (TPSA) is 69.4 Å². The fraction of sp³-hybridized carbons (Fsp3) is 0.188. The highest BCUT2D eigenvalue weighted by Gasteiger charge is 2.12. The molecule has 0 saturated heterocycles. The van der Waals surface area contributed by atoms with Crippen LogP contribution < -0.4 is 4.74 Å².